The van der Waals surface area contributed by atoms with E-state index in [1.165, 1.54) is 11.1 Å². The average molecular weight is 352 g/mol. The summed E-state index contributed by atoms with van der Waals surface area (Å²) in [7, 11) is 0. The van der Waals surface area contributed by atoms with Crippen LogP contribution < -0.4 is 0 Å². The third-order valence-electron chi connectivity index (χ3n) is 4.82. The Balaban J connectivity index is 1.37. The molecule has 0 spiro atoms. The van der Waals surface area contributed by atoms with Gasteiger partial charge in [0.15, 0.2) is 5.82 Å². The second-order valence-corrected chi connectivity index (χ2v) is 6.85. The lowest BCUT2D eigenvalue weighted by Crippen LogP contribution is -2.45. The van der Waals surface area contributed by atoms with Gasteiger partial charge in [0, 0.05) is 45.2 Å². The Hall–Kier alpha value is -2.44. The van der Waals surface area contributed by atoms with Crippen molar-refractivity contribution in [2.24, 2.45) is 0 Å². The van der Waals surface area contributed by atoms with E-state index in [9.17, 15) is 0 Å². The zero-order valence-electron chi connectivity index (χ0n) is 15.3. The Morgan fingerprint density at radius 3 is 2.31 bits per heavy atom. The number of hydrogen-bond donors (Lipinski definition) is 0. The highest BCUT2D eigenvalue weighted by Gasteiger charge is 2.20. The number of rotatable bonds is 5. The quantitative estimate of drug-likeness (QED) is 0.702. The van der Waals surface area contributed by atoms with E-state index in [0.29, 0.717) is 5.89 Å². The van der Waals surface area contributed by atoms with Gasteiger partial charge < -0.3 is 8.94 Å². The van der Waals surface area contributed by atoms with Crippen molar-refractivity contribution in [3.05, 3.63) is 59.4 Å². The Labute approximate surface area is 153 Å². The van der Waals surface area contributed by atoms with E-state index < -0.39 is 0 Å². The molecule has 1 fully saturated rings. The summed E-state index contributed by atoms with van der Waals surface area (Å²) >= 11 is 0. The monoisotopic (exact) mass is 352 g/mol. The maximum Gasteiger partial charge on any atom is 0.223 e. The van der Waals surface area contributed by atoms with Crippen molar-refractivity contribution in [1.82, 2.24) is 19.9 Å². The average Bonchev–Trinajstić information content (AvgIpc) is 3.25. The molecular formula is C20H24N4O2. The zero-order valence-corrected chi connectivity index (χ0v) is 15.3. The molecule has 0 atom stereocenters. The summed E-state index contributed by atoms with van der Waals surface area (Å²) in [5.74, 6) is 3.29. The maximum atomic E-state index is 5.84. The Morgan fingerprint density at radius 2 is 1.65 bits per heavy atom. The Morgan fingerprint density at radius 1 is 0.923 bits per heavy atom. The van der Waals surface area contributed by atoms with Crippen LogP contribution in [0.15, 0.2) is 45.3 Å². The summed E-state index contributed by atoms with van der Waals surface area (Å²) in [6.07, 6.45) is 0. The standard InChI is InChI=1S/C20H24N4O2/c1-15-7-8-19(25-15)18-6-4-3-5-17(18)13-23-9-11-24(12-10-23)14-20-21-16(2)26-22-20/h3-8H,9-14H2,1-2H3. The molecule has 0 amide bonds. The van der Waals surface area contributed by atoms with E-state index in [0.717, 1.165) is 56.6 Å². The van der Waals surface area contributed by atoms with Gasteiger partial charge in [-0.25, -0.2) is 0 Å². The number of aromatic nitrogens is 2. The first-order valence-electron chi connectivity index (χ1n) is 9.06. The Kier molecular flexibility index (Phi) is 4.86. The van der Waals surface area contributed by atoms with E-state index >= 15 is 0 Å². The van der Waals surface area contributed by atoms with Crippen LogP contribution in [0.1, 0.15) is 23.0 Å². The zero-order chi connectivity index (χ0) is 17.9. The van der Waals surface area contributed by atoms with Gasteiger partial charge in [-0.2, -0.15) is 4.98 Å². The fraction of sp³-hybridized carbons (Fsp3) is 0.400. The molecule has 6 heteroatoms. The van der Waals surface area contributed by atoms with Crippen LogP contribution in [-0.4, -0.2) is 46.1 Å². The summed E-state index contributed by atoms with van der Waals surface area (Å²) in [5, 5.41) is 3.99. The fourth-order valence-electron chi connectivity index (χ4n) is 3.43. The molecule has 0 N–H and O–H groups in total. The molecule has 0 bridgehead atoms. The summed E-state index contributed by atoms with van der Waals surface area (Å²) in [4.78, 5) is 9.17. The first-order valence-corrected chi connectivity index (χ1v) is 9.06. The van der Waals surface area contributed by atoms with Crippen LogP contribution in [0.5, 0.6) is 0 Å². The number of nitrogens with zero attached hydrogens (tertiary/aromatic N) is 4. The first-order chi connectivity index (χ1) is 12.7. The number of hydrogen-bond acceptors (Lipinski definition) is 6. The van der Waals surface area contributed by atoms with Crippen LogP contribution >= 0.6 is 0 Å². The highest BCUT2D eigenvalue weighted by Crippen LogP contribution is 2.27. The minimum absolute atomic E-state index is 0.628. The number of benzene rings is 1. The van der Waals surface area contributed by atoms with Crippen molar-refractivity contribution in [2.45, 2.75) is 26.9 Å². The van der Waals surface area contributed by atoms with E-state index in [-0.39, 0.29) is 0 Å². The highest BCUT2D eigenvalue weighted by molar-refractivity contribution is 5.62. The molecule has 0 aliphatic carbocycles. The fourth-order valence-corrected chi connectivity index (χ4v) is 3.43. The van der Waals surface area contributed by atoms with Crippen LogP contribution in [-0.2, 0) is 13.1 Å². The van der Waals surface area contributed by atoms with E-state index in [2.05, 4.69) is 50.3 Å². The molecule has 136 valence electrons. The lowest BCUT2D eigenvalue weighted by atomic mass is 10.0. The minimum atomic E-state index is 0.628. The normalized spacial score (nSPS) is 16.2. The summed E-state index contributed by atoms with van der Waals surface area (Å²) in [5.41, 5.74) is 2.49. The molecule has 3 aromatic rings. The highest BCUT2D eigenvalue weighted by atomic mass is 16.5. The molecule has 0 saturated carbocycles. The summed E-state index contributed by atoms with van der Waals surface area (Å²) in [6, 6.07) is 12.6. The van der Waals surface area contributed by atoms with Gasteiger partial charge in [0.2, 0.25) is 5.89 Å². The second kappa shape index (κ2) is 7.43. The predicted octanol–water partition coefficient (Wildman–Crippen LogP) is 3.26. The van der Waals surface area contributed by atoms with Crippen molar-refractivity contribution in [1.29, 1.82) is 0 Å². The second-order valence-electron chi connectivity index (χ2n) is 6.85. The van der Waals surface area contributed by atoms with Gasteiger partial charge in [0.25, 0.3) is 0 Å². The molecular weight excluding hydrogens is 328 g/mol. The Bertz CT molecular complexity index is 862. The summed E-state index contributed by atoms with van der Waals surface area (Å²) < 4.78 is 10.9. The molecule has 4 rings (SSSR count). The molecule has 26 heavy (non-hydrogen) atoms. The van der Waals surface area contributed by atoms with Crippen molar-refractivity contribution in [3.8, 4) is 11.3 Å². The van der Waals surface area contributed by atoms with Gasteiger partial charge in [-0.3, -0.25) is 9.80 Å². The SMILES string of the molecule is Cc1ccc(-c2ccccc2CN2CCN(Cc3noc(C)n3)CC2)o1. The van der Waals surface area contributed by atoms with E-state index in [1.807, 2.05) is 19.9 Å². The molecule has 3 heterocycles. The van der Waals surface area contributed by atoms with E-state index in [1.54, 1.807) is 0 Å². The van der Waals surface area contributed by atoms with Crippen molar-refractivity contribution >= 4 is 0 Å². The lowest BCUT2D eigenvalue weighted by Gasteiger charge is -2.34. The third-order valence-corrected chi connectivity index (χ3v) is 4.82. The first kappa shape index (κ1) is 17.0. The van der Waals surface area contributed by atoms with Crippen molar-refractivity contribution in [2.75, 3.05) is 26.2 Å². The van der Waals surface area contributed by atoms with Gasteiger partial charge in [-0.1, -0.05) is 29.4 Å². The molecule has 1 aromatic carbocycles. The van der Waals surface area contributed by atoms with Gasteiger partial charge >= 0.3 is 0 Å². The third kappa shape index (κ3) is 3.86. The van der Waals surface area contributed by atoms with Crippen LogP contribution in [0, 0.1) is 13.8 Å². The van der Waals surface area contributed by atoms with Gasteiger partial charge in [0.1, 0.15) is 11.5 Å². The van der Waals surface area contributed by atoms with Crippen LogP contribution in [0.3, 0.4) is 0 Å². The largest absolute Gasteiger partial charge is 0.461 e. The lowest BCUT2D eigenvalue weighted by molar-refractivity contribution is 0.119. The molecule has 1 saturated heterocycles. The van der Waals surface area contributed by atoms with Gasteiger partial charge in [0.05, 0.1) is 6.54 Å². The number of aryl methyl sites for hydroxylation is 2. The minimum Gasteiger partial charge on any atom is -0.461 e. The molecule has 0 unspecified atom stereocenters. The van der Waals surface area contributed by atoms with Gasteiger partial charge in [-0.15, -0.1) is 0 Å². The smallest absolute Gasteiger partial charge is 0.223 e. The van der Waals surface area contributed by atoms with Crippen LogP contribution in [0.4, 0.5) is 0 Å². The maximum absolute atomic E-state index is 5.84. The van der Waals surface area contributed by atoms with Crippen LogP contribution in [0.2, 0.25) is 0 Å². The van der Waals surface area contributed by atoms with Crippen molar-refractivity contribution < 1.29 is 8.94 Å². The molecule has 1 aliphatic heterocycles. The van der Waals surface area contributed by atoms with Crippen LogP contribution in [0.25, 0.3) is 11.3 Å². The molecule has 2 aromatic heterocycles. The topological polar surface area (TPSA) is 58.5 Å². The molecule has 6 nitrogen and oxygen atoms in total. The number of furan rings is 1. The van der Waals surface area contributed by atoms with Crippen molar-refractivity contribution in [3.63, 3.8) is 0 Å². The summed E-state index contributed by atoms with van der Waals surface area (Å²) in [6.45, 7) is 9.58. The molecule has 0 radical (unpaired) electrons. The van der Waals surface area contributed by atoms with E-state index in [4.69, 9.17) is 8.94 Å². The van der Waals surface area contributed by atoms with Gasteiger partial charge in [-0.05, 0) is 24.6 Å². The number of piperazine rings is 1. The molecule has 1 aliphatic rings. The predicted molar refractivity (Wildman–Crippen MR) is 98.5 cm³/mol.